The molecule has 3 rings (SSSR count). The van der Waals surface area contributed by atoms with E-state index < -0.39 is 11.9 Å². The molecule has 0 amide bonds. The summed E-state index contributed by atoms with van der Waals surface area (Å²) in [6, 6.07) is 4.21. The Balaban J connectivity index is 0.00000280. The lowest BCUT2D eigenvalue weighted by Crippen LogP contribution is -2.52. The average Bonchev–Trinajstić information content (AvgIpc) is 3.31. The molecule has 156 valence electrons. The topological polar surface area (TPSA) is 43.8 Å². The van der Waals surface area contributed by atoms with Crippen molar-refractivity contribution >= 4 is 52.6 Å². The van der Waals surface area contributed by atoms with Gasteiger partial charge in [-0.15, -0.1) is 46.7 Å². The third-order valence-corrected chi connectivity index (χ3v) is 5.87. The van der Waals surface area contributed by atoms with Crippen molar-refractivity contribution in [2.24, 2.45) is 4.99 Å². The Labute approximate surface area is 187 Å². The van der Waals surface area contributed by atoms with Crippen molar-refractivity contribution in [2.75, 3.05) is 32.7 Å². The number of alkyl halides is 3. The Morgan fingerprint density at radius 2 is 2.00 bits per heavy atom. The van der Waals surface area contributed by atoms with Gasteiger partial charge in [0.05, 0.1) is 6.54 Å². The van der Waals surface area contributed by atoms with Gasteiger partial charge in [0.1, 0.15) is 5.01 Å². The van der Waals surface area contributed by atoms with Crippen molar-refractivity contribution in [3.05, 3.63) is 38.5 Å². The van der Waals surface area contributed by atoms with Crippen molar-refractivity contribution in [2.45, 2.75) is 26.2 Å². The zero-order valence-corrected chi connectivity index (χ0v) is 19.4. The molecule has 0 bridgehead atoms. The number of guanidine groups is 1. The summed E-state index contributed by atoms with van der Waals surface area (Å²) in [4.78, 5) is 14.1. The van der Waals surface area contributed by atoms with Crippen LogP contribution in [0, 0.1) is 0 Å². The van der Waals surface area contributed by atoms with E-state index in [4.69, 9.17) is 0 Å². The van der Waals surface area contributed by atoms with Crippen LogP contribution in [-0.2, 0) is 19.3 Å². The van der Waals surface area contributed by atoms with Gasteiger partial charge < -0.3 is 10.2 Å². The average molecular weight is 545 g/mol. The lowest BCUT2D eigenvalue weighted by Gasteiger charge is -2.36. The van der Waals surface area contributed by atoms with E-state index in [-0.39, 0.29) is 30.5 Å². The minimum absolute atomic E-state index is 0. The first-order valence-electron chi connectivity index (χ1n) is 8.75. The van der Waals surface area contributed by atoms with Gasteiger partial charge >= 0.3 is 6.18 Å². The molecule has 2 aromatic heterocycles. The number of nitrogens with one attached hydrogen (secondary N) is 1. The molecule has 2 aromatic rings. The number of thiazole rings is 1. The van der Waals surface area contributed by atoms with Gasteiger partial charge in [-0.05, 0) is 18.4 Å². The van der Waals surface area contributed by atoms with Crippen LogP contribution in [0.2, 0.25) is 0 Å². The first kappa shape index (κ1) is 23.4. The molecule has 0 aliphatic carbocycles. The van der Waals surface area contributed by atoms with Crippen LogP contribution in [-0.4, -0.2) is 53.5 Å². The van der Waals surface area contributed by atoms with E-state index in [1.54, 1.807) is 11.3 Å². The van der Waals surface area contributed by atoms with Crippen LogP contribution in [0.15, 0.2) is 27.9 Å². The summed E-state index contributed by atoms with van der Waals surface area (Å²) in [5.74, 6) is 0.733. The van der Waals surface area contributed by atoms with E-state index in [1.165, 1.54) is 4.88 Å². The molecule has 0 radical (unpaired) electrons. The highest BCUT2D eigenvalue weighted by molar-refractivity contribution is 14.0. The quantitative estimate of drug-likeness (QED) is 0.349. The molecule has 0 spiro atoms. The molecule has 1 fully saturated rings. The van der Waals surface area contributed by atoms with Gasteiger partial charge in [0.15, 0.2) is 11.7 Å². The number of halogens is 4. The molecular formula is C17H23F3IN5S2. The summed E-state index contributed by atoms with van der Waals surface area (Å²) in [5, 5.41) is 6.73. The van der Waals surface area contributed by atoms with Crippen LogP contribution in [0.4, 0.5) is 13.2 Å². The van der Waals surface area contributed by atoms with E-state index in [0.717, 1.165) is 55.4 Å². The third kappa shape index (κ3) is 6.56. The second-order valence-electron chi connectivity index (χ2n) is 6.14. The molecule has 11 heteroatoms. The van der Waals surface area contributed by atoms with E-state index in [0.29, 0.717) is 11.6 Å². The summed E-state index contributed by atoms with van der Waals surface area (Å²) >= 11 is 2.76. The molecule has 1 N–H and O–H groups in total. The van der Waals surface area contributed by atoms with Gasteiger partial charge in [0.2, 0.25) is 0 Å². The molecule has 1 aliphatic heterocycles. The fraction of sp³-hybridized carbons (Fsp3) is 0.529. The second-order valence-corrected chi connectivity index (χ2v) is 8.11. The van der Waals surface area contributed by atoms with Gasteiger partial charge in [-0.3, -0.25) is 4.90 Å². The predicted octanol–water partition coefficient (Wildman–Crippen LogP) is 4.12. The highest BCUT2D eigenvalue weighted by Crippen LogP contribution is 2.30. The summed E-state index contributed by atoms with van der Waals surface area (Å²) in [5.41, 5.74) is -0.843. The number of rotatable bonds is 5. The Kier molecular flexibility index (Phi) is 8.96. The molecule has 28 heavy (non-hydrogen) atoms. The van der Waals surface area contributed by atoms with Crippen LogP contribution >= 0.6 is 46.7 Å². The summed E-state index contributed by atoms with van der Waals surface area (Å²) in [6.45, 7) is 7.33. The molecule has 0 atom stereocenters. The van der Waals surface area contributed by atoms with Crippen molar-refractivity contribution in [1.82, 2.24) is 20.1 Å². The molecule has 1 aliphatic rings. The third-order valence-electron chi connectivity index (χ3n) is 4.17. The van der Waals surface area contributed by atoms with Crippen molar-refractivity contribution in [3.63, 3.8) is 0 Å². The van der Waals surface area contributed by atoms with Gasteiger partial charge in [-0.25, -0.2) is 9.98 Å². The molecule has 0 aromatic carbocycles. The van der Waals surface area contributed by atoms with Gasteiger partial charge in [0.25, 0.3) is 0 Å². The lowest BCUT2D eigenvalue weighted by atomic mass is 10.3. The number of aromatic nitrogens is 1. The van der Waals surface area contributed by atoms with Gasteiger partial charge in [-0.2, -0.15) is 13.2 Å². The van der Waals surface area contributed by atoms with Crippen LogP contribution in [0.3, 0.4) is 0 Å². The minimum atomic E-state index is -4.40. The summed E-state index contributed by atoms with van der Waals surface area (Å²) < 4.78 is 38.0. The summed E-state index contributed by atoms with van der Waals surface area (Å²) in [6.07, 6.45) is -4.40. The van der Waals surface area contributed by atoms with E-state index in [1.807, 2.05) is 6.92 Å². The van der Waals surface area contributed by atoms with Crippen molar-refractivity contribution < 1.29 is 13.2 Å². The maximum Gasteiger partial charge on any atom is 0.434 e. The largest absolute Gasteiger partial charge is 0.434 e. The number of hydrogen-bond donors (Lipinski definition) is 1. The zero-order chi connectivity index (χ0) is 19.3. The lowest BCUT2D eigenvalue weighted by molar-refractivity contribution is -0.140. The molecule has 3 heterocycles. The first-order valence-corrected chi connectivity index (χ1v) is 10.5. The second kappa shape index (κ2) is 10.7. The van der Waals surface area contributed by atoms with E-state index in [2.05, 4.69) is 42.6 Å². The number of piperazine rings is 1. The fourth-order valence-electron chi connectivity index (χ4n) is 2.82. The fourth-order valence-corrected chi connectivity index (χ4v) is 4.29. The normalized spacial score (nSPS) is 16.1. The zero-order valence-electron chi connectivity index (χ0n) is 15.4. The van der Waals surface area contributed by atoms with Crippen LogP contribution in [0.5, 0.6) is 0 Å². The van der Waals surface area contributed by atoms with Crippen molar-refractivity contribution in [1.29, 1.82) is 0 Å². The SMILES string of the molecule is CCNC(=NCc1nc(C(F)(F)F)cs1)N1CCN(Cc2cccs2)CC1.I. The Bertz CT molecular complexity index is 740. The molecule has 0 unspecified atom stereocenters. The maximum atomic E-state index is 12.7. The maximum absolute atomic E-state index is 12.7. The van der Waals surface area contributed by atoms with E-state index in [9.17, 15) is 13.2 Å². The molecule has 1 saturated heterocycles. The molecular weight excluding hydrogens is 522 g/mol. The number of thiophene rings is 1. The Hall–Kier alpha value is -0.920. The number of hydrogen-bond acceptors (Lipinski definition) is 5. The van der Waals surface area contributed by atoms with Gasteiger partial charge in [0, 0.05) is 49.5 Å². The number of nitrogens with zero attached hydrogens (tertiary/aromatic N) is 4. The Morgan fingerprint density at radius 1 is 1.25 bits per heavy atom. The first-order chi connectivity index (χ1) is 13.0. The minimum Gasteiger partial charge on any atom is -0.357 e. The molecule has 5 nitrogen and oxygen atoms in total. The van der Waals surface area contributed by atoms with Crippen LogP contribution in [0.25, 0.3) is 0 Å². The monoisotopic (exact) mass is 545 g/mol. The van der Waals surface area contributed by atoms with Crippen LogP contribution < -0.4 is 5.32 Å². The molecule has 0 saturated carbocycles. The summed E-state index contributed by atoms with van der Waals surface area (Å²) in [7, 11) is 0. The highest BCUT2D eigenvalue weighted by atomic mass is 127. The number of aliphatic imine (C=N–C) groups is 1. The predicted molar refractivity (Wildman–Crippen MR) is 119 cm³/mol. The highest BCUT2D eigenvalue weighted by Gasteiger charge is 2.33. The smallest absolute Gasteiger partial charge is 0.357 e. The van der Waals surface area contributed by atoms with E-state index >= 15 is 0 Å². The van der Waals surface area contributed by atoms with Crippen LogP contribution in [0.1, 0.15) is 22.5 Å². The standard InChI is InChI=1S/C17H22F3N5S2.HI/c1-2-21-16(22-10-15-23-14(12-27-15)17(18,19)20)25-7-5-24(6-8-25)11-13-4-3-9-26-13;/h3-4,9,12H,2,5-8,10-11H2,1H3,(H,21,22);1H. The van der Waals surface area contributed by atoms with Crippen molar-refractivity contribution in [3.8, 4) is 0 Å². The van der Waals surface area contributed by atoms with Gasteiger partial charge in [-0.1, -0.05) is 6.07 Å². The Morgan fingerprint density at radius 3 is 2.57 bits per heavy atom.